The van der Waals surface area contributed by atoms with Crippen molar-refractivity contribution >= 4 is 11.9 Å². The zero-order valence-corrected chi connectivity index (χ0v) is 11.8. The molecule has 0 bridgehead atoms. The maximum Gasteiger partial charge on any atom is 0.269 e. The summed E-state index contributed by atoms with van der Waals surface area (Å²) in [5.41, 5.74) is 0.764. The Morgan fingerprint density at radius 2 is 2.00 bits per heavy atom. The Labute approximate surface area is 118 Å². The first kappa shape index (κ1) is 14.4. The van der Waals surface area contributed by atoms with Crippen LogP contribution in [-0.4, -0.2) is 36.7 Å². The van der Waals surface area contributed by atoms with Crippen LogP contribution in [0.3, 0.4) is 0 Å². The summed E-state index contributed by atoms with van der Waals surface area (Å²) >= 11 is 0. The van der Waals surface area contributed by atoms with Gasteiger partial charge in [-0.25, -0.2) is 0 Å². The van der Waals surface area contributed by atoms with Crippen molar-refractivity contribution in [2.45, 2.75) is 18.4 Å². The molecular formula is C15H19N3O2. The van der Waals surface area contributed by atoms with Crippen molar-refractivity contribution in [3.05, 3.63) is 52.1 Å². The fourth-order valence-corrected chi connectivity index (χ4v) is 2.42. The van der Waals surface area contributed by atoms with Gasteiger partial charge in [0, 0.05) is 18.3 Å². The van der Waals surface area contributed by atoms with Gasteiger partial charge in [0.25, 0.3) is 5.69 Å². The van der Waals surface area contributed by atoms with Crippen LogP contribution < -0.4 is 0 Å². The molecule has 1 aliphatic heterocycles. The topological polar surface area (TPSA) is 58.7 Å². The number of nitrogens with zero attached hydrogens (tertiary/aromatic N) is 3. The lowest BCUT2D eigenvalue weighted by atomic mass is 9.86. The molecular weight excluding hydrogens is 254 g/mol. The maximum atomic E-state index is 10.7. The first-order valence-corrected chi connectivity index (χ1v) is 6.66. The second-order valence-electron chi connectivity index (χ2n) is 5.27. The van der Waals surface area contributed by atoms with Crippen molar-refractivity contribution < 1.29 is 4.92 Å². The lowest BCUT2D eigenvalue weighted by molar-refractivity contribution is -0.384. The van der Waals surface area contributed by atoms with E-state index < -0.39 is 0 Å². The molecule has 0 aromatic heterocycles. The fraction of sp³-hybridized carbons (Fsp3) is 0.400. The monoisotopic (exact) mass is 273 g/mol. The van der Waals surface area contributed by atoms with E-state index in [1.54, 1.807) is 30.5 Å². The molecule has 0 spiro atoms. The average Bonchev–Trinajstić information content (AvgIpc) is 2.88. The highest BCUT2D eigenvalue weighted by atomic mass is 16.6. The summed E-state index contributed by atoms with van der Waals surface area (Å²) in [6.45, 7) is 0.998. The lowest BCUT2D eigenvalue weighted by Gasteiger charge is -2.25. The van der Waals surface area contributed by atoms with Crippen LogP contribution in [0.5, 0.6) is 0 Å². The van der Waals surface area contributed by atoms with Crippen molar-refractivity contribution in [2.75, 3.05) is 20.6 Å². The van der Waals surface area contributed by atoms with E-state index in [1.807, 2.05) is 20.2 Å². The lowest BCUT2D eigenvalue weighted by Crippen LogP contribution is -2.22. The minimum Gasteiger partial charge on any atom is -0.309 e. The molecule has 0 radical (unpaired) electrons. The Hall–Kier alpha value is -2.01. The van der Waals surface area contributed by atoms with Crippen LogP contribution in [0, 0.1) is 10.1 Å². The van der Waals surface area contributed by atoms with Crippen molar-refractivity contribution in [3.8, 4) is 0 Å². The quantitative estimate of drug-likeness (QED) is 0.591. The van der Waals surface area contributed by atoms with Gasteiger partial charge < -0.3 is 4.90 Å². The zero-order chi connectivity index (χ0) is 14.6. The van der Waals surface area contributed by atoms with Crippen LogP contribution in [0.4, 0.5) is 5.69 Å². The predicted octanol–water partition coefficient (Wildman–Crippen LogP) is 2.77. The molecule has 5 heteroatoms. The van der Waals surface area contributed by atoms with Crippen LogP contribution in [0.25, 0.3) is 0 Å². The number of allylic oxidation sites excluding steroid dienone is 1. The average molecular weight is 273 g/mol. The third kappa shape index (κ3) is 3.11. The molecule has 2 rings (SSSR count). The summed E-state index contributed by atoms with van der Waals surface area (Å²) in [6.07, 6.45) is 7.74. The number of nitro benzene ring substituents is 1. The number of non-ortho nitro benzene ring substituents is 1. The van der Waals surface area contributed by atoms with Crippen molar-refractivity contribution in [1.29, 1.82) is 0 Å². The fourth-order valence-electron chi connectivity index (χ4n) is 2.42. The number of aliphatic imine (C=N–C) groups is 1. The van der Waals surface area contributed by atoms with Gasteiger partial charge in [-0.2, -0.15) is 0 Å². The van der Waals surface area contributed by atoms with Gasteiger partial charge in [-0.05, 0) is 57.3 Å². The zero-order valence-electron chi connectivity index (χ0n) is 11.8. The second kappa shape index (κ2) is 5.96. The molecule has 0 N–H and O–H groups in total. The number of rotatable bonds is 6. The van der Waals surface area contributed by atoms with Crippen LogP contribution in [0.1, 0.15) is 18.4 Å². The molecule has 0 aliphatic carbocycles. The standard InChI is InChI=1S/C15H19N3O2/c1-17(2)12-4-10-15(9-3-11-16-15)13-5-7-14(8-6-13)18(19)20/h3,5-9,11H,4,10,12H2,1-2H3. The highest BCUT2D eigenvalue weighted by Crippen LogP contribution is 2.35. The Balaban J connectivity index is 2.18. The van der Waals surface area contributed by atoms with E-state index in [0.717, 1.165) is 24.9 Å². The van der Waals surface area contributed by atoms with Crippen LogP contribution in [0.15, 0.2) is 41.4 Å². The SMILES string of the molecule is CN(C)CCCC1(c2ccc([N+](=O)[O-])cc2)C=CC=N1. The molecule has 1 atom stereocenters. The molecule has 1 aliphatic rings. The van der Waals surface area contributed by atoms with Crippen molar-refractivity contribution in [2.24, 2.45) is 4.99 Å². The largest absolute Gasteiger partial charge is 0.309 e. The molecule has 20 heavy (non-hydrogen) atoms. The molecule has 0 fully saturated rings. The maximum absolute atomic E-state index is 10.7. The van der Waals surface area contributed by atoms with Crippen molar-refractivity contribution in [1.82, 2.24) is 4.90 Å². The normalized spacial score (nSPS) is 20.8. The van der Waals surface area contributed by atoms with Gasteiger partial charge in [-0.15, -0.1) is 0 Å². The van der Waals surface area contributed by atoms with Gasteiger partial charge in [-0.3, -0.25) is 15.1 Å². The van der Waals surface area contributed by atoms with Gasteiger partial charge in [0.2, 0.25) is 0 Å². The van der Waals surface area contributed by atoms with Gasteiger partial charge in [0.15, 0.2) is 0 Å². The Bertz CT molecular complexity index is 521. The molecule has 106 valence electrons. The molecule has 1 heterocycles. The first-order valence-electron chi connectivity index (χ1n) is 6.66. The van der Waals surface area contributed by atoms with Crippen LogP contribution in [-0.2, 0) is 5.54 Å². The Morgan fingerprint density at radius 3 is 2.50 bits per heavy atom. The van der Waals surface area contributed by atoms with E-state index in [2.05, 4.69) is 16.0 Å². The molecule has 1 unspecified atom stereocenters. The number of nitro groups is 1. The molecule has 0 saturated heterocycles. The van der Waals surface area contributed by atoms with Gasteiger partial charge in [0.1, 0.15) is 5.54 Å². The van der Waals surface area contributed by atoms with Crippen LogP contribution in [0.2, 0.25) is 0 Å². The van der Waals surface area contributed by atoms with Crippen molar-refractivity contribution in [3.63, 3.8) is 0 Å². The summed E-state index contributed by atoms with van der Waals surface area (Å²) in [4.78, 5) is 17.1. The predicted molar refractivity (Wildman–Crippen MR) is 80.2 cm³/mol. The minimum atomic E-state index is -0.379. The molecule has 5 nitrogen and oxygen atoms in total. The van der Waals surface area contributed by atoms with Gasteiger partial charge in [0.05, 0.1) is 4.92 Å². The summed E-state index contributed by atoms with van der Waals surface area (Å²) in [5, 5.41) is 10.7. The molecule has 1 aromatic carbocycles. The smallest absolute Gasteiger partial charge is 0.269 e. The Kier molecular flexibility index (Phi) is 4.29. The highest BCUT2D eigenvalue weighted by Gasteiger charge is 2.30. The molecule has 0 amide bonds. The van der Waals surface area contributed by atoms with Crippen LogP contribution >= 0.6 is 0 Å². The van der Waals surface area contributed by atoms with E-state index in [-0.39, 0.29) is 16.1 Å². The third-order valence-electron chi connectivity index (χ3n) is 3.50. The minimum absolute atomic E-state index is 0.114. The third-order valence-corrected chi connectivity index (χ3v) is 3.50. The van der Waals surface area contributed by atoms with Gasteiger partial charge in [-0.1, -0.05) is 6.08 Å². The van der Waals surface area contributed by atoms with E-state index in [9.17, 15) is 10.1 Å². The van der Waals surface area contributed by atoms with E-state index in [4.69, 9.17) is 0 Å². The number of hydrogen-bond donors (Lipinski definition) is 0. The first-order chi connectivity index (χ1) is 9.53. The summed E-state index contributed by atoms with van der Waals surface area (Å²) in [6, 6.07) is 6.71. The highest BCUT2D eigenvalue weighted by molar-refractivity contribution is 5.75. The number of hydrogen-bond acceptors (Lipinski definition) is 4. The second-order valence-corrected chi connectivity index (χ2v) is 5.27. The molecule has 0 saturated carbocycles. The van der Waals surface area contributed by atoms with E-state index in [1.165, 1.54) is 0 Å². The summed E-state index contributed by atoms with van der Waals surface area (Å²) < 4.78 is 0. The summed E-state index contributed by atoms with van der Waals surface area (Å²) in [7, 11) is 4.10. The Morgan fingerprint density at radius 1 is 1.30 bits per heavy atom. The number of benzene rings is 1. The summed E-state index contributed by atoms with van der Waals surface area (Å²) in [5.74, 6) is 0. The van der Waals surface area contributed by atoms with E-state index in [0.29, 0.717) is 0 Å². The van der Waals surface area contributed by atoms with Gasteiger partial charge >= 0.3 is 0 Å². The van der Waals surface area contributed by atoms with E-state index >= 15 is 0 Å². The molecule has 1 aromatic rings.